The first kappa shape index (κ1) is 22.5. The summed E-state index contributed by atoms with van der Waals surface area (Å²) in [6.07, 6.45) is 3.77. The Morgan fingerprint density at radius 2 is 2.00 bits per heavy atom. The minimum absolute atomic E-state index is 0.0403. The maximum atomic E-state index is 11.8. The van der Waals surface area contributed by atoms with Gasteiger partial charge in [-0.3, -0.25) is 9.89 Å². The topological polar surface area (TPSA) is 138 Å². The first-order valence-electron chi connectivity index (χ1n) is 11.7. The standard InChI is InChI=1S/C23H29N7O4/c1-14(31)21(32)25-15-5-7-16(8-6-15)34-23-27-20(17-3-2-4-19-18(17)13-24-29-19)26-22(28-23)30-9-11-33-12-10-30/h2-4,13-16,31H,5-12H2,1H3,(H,24,29)(H,25,32). The quantitative estimate of drug-likeness (QED) is 0.491. The first-order chi connectivity index (χ1) is 16.6. The zero-order chi connectivity index (χ0) is 23.5. The molecule has 1 saturated heterocycles. The van der Waals surface area contributed by atoms with Gasteiger partial charge in [0.2, 0.25) is 11.9 Å². The fourth-order valence-corrected chi connectivity index (χ4v) is 4.38. The number of nitrogens with one attached hydrogen (secondary N) is 2. The van der Waals surface area contributed by atoms with Crippen LogP contribution in [0.5, 0.6) is 6.01 Å². The Morgan fingerprint density at radius 1 is 1.21 bits per heavy atom. The SMILES string of the molecule is CC(O)C(=O)NC1CCC(Oc2nc(-c3cccc4[nH]ncc34)nc(N3CCOCC3)n2)CC1. The van der Waals surface area contributed by atoms with Crippen LogP contribution in [0.4, 0.5) is 5.95 Å². The molecule has 2 aromatic heterocycles. The molecule has 0 radical (unpaired) electrons. The van der Waals surface area contributed by atoms with Gasteiger partial charge in [0.1, 0.15) is 12.2 Å². The Hall–Kier alpha value is -3.31. The van der Waals surface area contributed by atoms with E-state index in [4.69, 9.17) is 14.5 Å². The van der Waals surface area contributed by atoms with E-state index in [0.717, 1.165) is 42.1 Å². The van der Waals surface area contributed by atoms with Crippen LogP contribution in [0.1, 0.15) is 32.6 Å². The highest BCUT2D eigenvalue weighted by Gasteiger charge is 2.26. The third-order valence-electron chi connectivity index (χ3n) is 6.29. The molecule has 180 valence electrons. The van der Waals surface area contributed by atoms with E-state index in [9.17, 15) is 9.90 Å². The number of hydrogen-bond acceptors (Lipinski definition) is 9. The highest BCUT2D eigenvalue weighted by molar-refractivity contribution is 5.92. The lowest BCUT2D eigenvalue weighted by molar-refractivity contribution is -0.129. The molecule has 3 N–H and O–H groups in total. The lowest BCUT2D eigenvalue weighted by Crippen LogP contribution is -2.43. The predicted octanol–water partition coefficient (Wildman–Crippen LogP) is 1.44. The summed E-state index contributed by atoms with van der Waals surface area (Å²) in [5, 5.41) is 20.4. The number of aliphatic hydroxyl groups is 1. The number of rotatable bonds is 6. The van der Waals surface area contributed by atoms with Gasteiger partial charge in [-0.2, -0.15) is 20.1 Å². The summed E-state index contributed by atoms with van der Waals surface area (Å²) in [7, 11) is 0. The van der Waals surface area contributed by atoms with Gasteiger partial charge in [0, 0.05) is 30.1 Å². The average Bonchev–Trinajstić information content (AvgIpc) is 3.35. The molecular formula is C23H29N7O4. The maximum Gasteiger partial charge on any atom is 0.322 e. The number of aromatic amines is 1. The fourth-order valence-electron chi connectivity index (χ4n) is 4.38. The van der Waals surface area contributed by atoms with Crippen molar-refractivity contribution in [2.24, 2.45) is 0 Å². The second-order valence-electron chi connectivity index (χ2n) is 8.75. The number of aromatic nitrogens is 5. The van der Waals surface area contributed by atoms with E-state index in [1.807, 2.05) is 18.2 Å². The van der Waals surface area contributed by atoms with Gasteiger partial charge in [0.15, 0.2) is 5.82 Å². The van der Waals surface area contributed by atoms with Crippen molar-refractivity contribution in [2.45, 2.75) is 50.9 Å². The van der Waals surface area contributed by atoms with E-state index in [0.29, 0.717) is 44.1 Å². The number of morpholine rings is 1. The van der Waals surface area contributed by atoms with Crippen LogP contribution in [0.2, 0.25) is 0 Å². The molecule has 1 unspecified atom stereocenters. The Morgan fingerprint density at radius 3 is 2.76 bits per heavy atom. The van der Waals surface area contributed by atoms with Crippen LogP contribution >= 0.6 is 0 Å². The smallest absolute Gasteiger partial charge is 0.322 e. The molecule has 11 heteroatoms. The summed E-state index contributed by atoms with van der Waals surface area (Å²) in [5.41, 5.74) is 1.77. The van der Waals surface area contributed by atoms with Gasteiger partial charge in [0.05, 0.1) is 24.9 Å². The van der Waals surface area contributed by atoms with Crippen molar-refractivity contribution in [2.75, 3.05) is 31.2 Å². The minimum atomic E-state index is -1.00. The fraction of sp³-hybridized carbons (Fsp3) is 0.522. The van der Waals surface area contributed by atoms with Crippen molar-refractivity contribution in [1.82, 2.24) is 30.5 Å². The van der Waals surface area contributed by atoms with E-state index in [-0.39, 0.29) is 18.1 Å². The molecule has 0 spiro atoms. The van der Waals surface area contributed by atoms with Crippen LogP contribution < -0.4 is 15.0 Å². The van der Waals surface area contributed by atoms with E-state index >= 15 is 0 Å². The van der Waals surface area contributed by atoms with Crippen LogP contribution in [0.15, 0.2) is 24.4 Å². The predicted molar refractivity (Wildman–Crippen MR) is 124 cm³/mol. The molecule has 3 heterocycles. The molecular weight excluding hydrogens is 438 g/mol. The summed E-state index contributed by atoms with van der Waals surface area (Å²) < 4.78 is 11.7. The summed E-state index contributed by atoms with van der Waals surface area (Å²) in [6.45, 7) is 4.12. The van der Waals surface area contributed by atoms with Crippen molar-refractivity contribution in [3.05, 3.63) is 24.4 Å². The van der Waals surface area contributed by atoms with Crippen LogP contribution in [0, 0.1) is 0 Å². The maximum absolute atomic E-state index is 11.8. The van der Waals surface area contributed by atoms with Crippen LogP contribution in [-0.2, 0) is 9.53 Å². The molecule has 1 aliphatic heterocycles. The molecule has 1 aliphatic carbocycles. The number of nitrogens with zero attached hydrogens (tertiary/aromatic N) is 5. The van der Waals surface area contributed by atoms with E-state index in [2.05, 4.69) is 30.4 Å². The highest BCUT2D eigenvalue weighted by Crippen LogP contribution is 2.29. The number of anilines is 1. The lowest BCUT2D eigenvalue weighted by atomic mass is 9.93. The third-order valence-corrected chi connectivity index (χ3v) is 6.29. The summed E-state index contributed by atoms with van der Waals surface area (Å²) in [6, 6.07) is 6.21. The summed E-state index contributed by atoms with van der Waals surface area (Å²) in [5.74, 6) is 0.771. The number of fused-ring (bicyclic) bond motifs is 1. The molecule has 0 bridgehead atoms. The first-order valence-corrected chi connectivity index (χ1v) is 11.7. The van der Waals surface area contributed by atoms with E-state index in [1.165, 1.54) is 6.92 Å². The lowest BCUT2D eigenvalue weighted by Gasteiger charge is -2.30. The number of carbonyl (C=O) groups is 1. The highest BCUT2D eigenvalue weighted by atomic mass is 16.5. The number of benzene rings is 1. The number of aliphatic hydroxyl groups excluding tert-OH is 1. The third kappa shape index (κ3) is 4.95. The normalized spacial score (nSPS) is 21.9. The summed E-state index contributed by atoms with van der Waals surface area (Å²) in [4.78, 5) is 27.9. The van der Waals surface area contributed by atoms with Gasteiger partial charge in [-0.1, -0.05) is 12.1 Å². The minimum Gasteiger partial charge on any atom is -0.460 e. The number of carbonyl (C=O) groups excluding carboxylic acids is 1. The van der Waals surface area contributed by atoms with Gasteiger partial charge in [0.25, 0.3) is 0 Å². The van der Waals surface area contributed by atoms with Gasteiger partial charge in [-0.15, -0.1) is 0 Å². The zero-order valence-electron chi connectivity index (χ0n) is 19.1. The van der Waals surface area contributed by atoms with Crippen LogP contribution in [-0.4, -0.2) is 80.7 Å². The Balaban J connectivity index is 1.37. The van der Waals surface area contributed by atoms with Crippen molar-refractivity contribution >= 4 is 22.8 Å². The molecule has 1 amide bonds. The van der Waals surface area contributed by atoms with Gasteiger partial charge < -0.3 is 24.8 Å². The van der Waals surface area contributed by atoms with Crippen molar-refractivity contribution in [3.8, 4) is 17.4 Å². The van der Waals surface area contributed by atoms with Crippen molar-refractivity contribution < 1.29 is 19.4 Å². The Labute approximate surface area is 196 Å². The largest absolute Gasteiger partial charge is 0.460 e. The number of hydrogen-bond donors (Lipinski definition) is 3. The number of amides is 1. The molecule has 1 aromatic carbocycles. The van der Waals surface area contributed by atoms with Crippen LogP contribution in [0.3, 0.4) is 0 Å². The van der Waals surface area contributed by atoms with Gasteiger partial charge >= 0.3 is 6.01 Å². The Kier molecular flexibility index (Phi) is 6.54. The van der Waals surface area contributed by atoms with Gasteiger partial charge in [-0.05, 0) is 38.7 Å². The van der Waals surface area contributed by atoms with E-state index in [1.54, 1.807) is 6.20 Å². The molecule has 5 rings (SSSR count). The van der Waals surface area contributed by atoms with Crippen molar-refractivity contribution in [1.29, 1.82) is 0 Å². The molecule has 2 aliphatic rings. The zero-order valence-corrected chi connectivity index (χ0v) is 19.1. The molecule has 3 aromatic rings. The number of H-pyrrole nitrogens is 1. The molecule has 34 heavy (non-hydrogen) atoms. The molecule has 1 saturated carbocycles. The monoisotopic (exact) mass is 467 g/mol. The summed E-state index contributed by atoms with van der Waals surface area (Å²) >= 11 is 0. The molecule has 1 atom stereocenters. The van der Waals surface area contributed by atoms with Crippen molar-refractivity contribution in [3.63, 3.8) is 0 Å². The molecule has 2 fully saturated rings. The van der Waals surface area contributed by atoms with E-state index < -0.39 is 6.10 Å². The van der Waals surface area contributed by atoms with Gasteiger partial charge in [-0.25, -0.2) is 0 Å². The second-order valence-corrected chi connectivity index (χ2v) is 8.75. The van der Waals surface area contributed by atoms with Crippen LogP contribution in [0.25, 0.3) is 22.3 Å². The molecule has 11 nitrogen and oxygen atoms in total. The number of ether oxygens (including phenoxy) is 2. The second kappa shape index (κ2) is 9.90. The Bertz CT molecular complexity index is 1140. The average molecular weight is 468 g/mol.